The smallest absolute Gasteiger partial charge is 0.270 e. The first-order chi connectivity index (χ1) is 12.7. The van der Waals surface area contributed by atoms with E-state index >= 15 is 0 Å². The minimum atomic E-state index is -0.226. The molecule has 1 aliphatic rings. The first kappa shape index (κ1) is 16.3. The van der Waals surface area contributed by atoms with E-state index < -0.39 is 0 Å². The van der Waals surface area contributed by atoms with E-state index in [-0.39, 0.29) is 18.6 Å². The van der Waals surface area contributed by atoms with Crippen LogP contribution in [0.15, 0.2) is 35.0 Å². The average molecular weight is 355 g/mol. The van der Waals surface area contributed by atoms with E-state index in [0.717, 1.165) is 11.1 Å². The van der Waals surface area contributed by atoms with E-state index in [4.69, 9.17) is 14.0 Å². The summed E-state index contributed by atoms with van der Waals surface area (Å²) < 4.78 is 17.3. The van der Waals surface area contributed by atoms with Gasteiger partial charge in [-0.15, -0.1) is 0 Å². The first-order valence-corrected chi connectivity index (χ1v) is 8.03. The Hall–Kier alpha value is -3.20. The minimum absolute atomic E-state index is 0.196. The quantitative estimate of drug-likeness (QED) is 0.739. The molecule has 0 fully saturated rings. The number of nitrogens with one attached hydrogen (secondary N) is 1. The Morgan fingerprint density at radius 3 is 3.08 bits per heavy atom. The molecule has 3 heterocycles. The van der Waals surface area contributed by atoms with Gasteiger partial charge in [-0.25, -0.2) is 0 Å². The van der Waals surface area contributed by atoms with Gasteiger partial charge in [0.1, 0.15) is 24.7 Å². The molecule has 9 heteroatoms. The fourth-order valence-corrected chi connectivity index (χ4v) is 2.85. The second kappa shape index (κ2) is 6.60. The standard InChI is InChI=1S/C17H17N5O4/c1-22-13(5-6-18-22)17(23)19-12-8-25-14-7-10(3-4-11(12)14)16-20-15(9-24-2)26-21-16/h3-7,12H,8-9H2,1-2H3,(H,19,23). The molecule has 134 valence electrons. The lowest BCUT2D eigenvalue weighted by Crippen LogP contribution is -2.30. The third-order valence-electron chi connectivity index (χ3n) is 4.15. The summed E-state index contributed by atoms with van der Waals surface area (Å²) in [6.45, 7) is 0.625. The predicted octanol–water partition coefficient (Wildman–Crippen LogP) is 1.48. The normalized spacial score (nSPS) is 15.5. The molecule has 1 amide bonds. The number of rotatable bonds is 5. The highest BCUT2D eigenvalue weighted by molar-refractivity contribution is 5.92. The largest absolute Gasteiger partial charge is 0.491 e. The maximum absolute atomic E-state index is 12.4. The van der Waals surface area contributed by atoms with Crippen LogP contribution in [-0.2, 0) is 18.4 Å². The van der Waals surface area contributed by atoms with Gasteiger partial charge in [0.25, 0.3) is 11.8 Å². The number of carbonyl (C=O) groups is 1. The van der Waals surface area contributed by atoms with Crippen LogP contribution in [0.3, 0.4) is 0 Å². The molecule has 1 unspecified atom stereocenters. The number of ether oxygens (including phenoxy) is 2. The van der Waals surface area contributed by atoms with Crippen molar-refractivity contribution in [1.29, 1.82) is 0 Å². The molecule has 1 atom stereocenters. The van der Waals surface area contributed by atoms with Crippen LogP contribution in [0, 0.1) is 0 Å². The van der Waals surface area contributed by atoms with Crippen LogP contribution in [0.25, 0.3) is 11.4 Å². The van der Waals surface area contributed by atoms with Crippen LogP contribution in [0.5, 0.6) is 5.75 Å². The van der Waals surface area contributed by atoms with E-state index in [1.165, 1.54) is 4.68 Å². The van der Waals surface area contributed by atoms with Gasteiger partial charge in [0, 0.05) is 31.5 Å². The monoisotopic (exact) mass is 355 g/mol. The number of nitrogens with zero attached hydrogens (tertiary/aromatic N) is 4. The average Bonchev–Trinajstić information content (AvgIpc) is 3.35. The number of benzene rings is 1. The topological polar surface area (TPSA) is 104 Å². The summed E-state index contributed by atoms with van der Waals surface area (Å²) in [6, 6.07) is 7.06. The Bertz CT molecular complexity index is 948. The Balaban J connectivity index is 1.52. The molecule has 0 saturated carbocycles. The van der Waals surface area contributed by atoms with Gasteiger partial charge in [0.05, 0.1) is 6.04 Å². The van der Waals surface area contributed by atoms with Crippen LogP contribution in [0.1, 0.15) is 28.0 Å². The van der Waals surface area contributed by atoms with Crippen molar-refractivity contribution in [3.63, 3.8) is 0 Å². The Morgan fingerprint density at radius 2 is 2.31 bits per heavy atom. The van der Waals surface area contributed by atoms with E-state index in [9.17, 15) is 4.79 Å². The van der Waals surface area contributed by atoms with Gasteiger partial charge in [-0.3, -0.25) is 9.48 Å². The van der Waals surface area contributed by atoms with Crippen molar-refractivity contribution in [2.24, 2.45) is 7.05 Å². The van der Waals surface area contributed by atoms with Gasteiger partial charge in [0.15, 0.2) is 0 Å². The van der Waals surface area contributed by atoms with Crippen molar-refractivity contribution in [3.05, 3.63) is 47.6 Å². The molecule has 0 aliphatic carbocycles. The molecule has 9 nitrogen and oxygen atoms in total. The molecular formula is C17H17N5O4. The van der Waals surface area contributed by atoms with E-state index in [1.807, 2.05) is 18.2 Å². The Kier molecular flexibility index (Phi) is 4.13. The second-order valence-corrected chi connectivity index (χ2v) is 5.87. The van der Waals surface area contributed by atoms with Gasteiger partial charge in [-0.2, -0.15) is 10.1 Å². The third-order valence-corrected chi connectivity index (χ3v) is 4.15. The fourth-order valence-electron chi connectivity index (χ4n) is 2.85. The van der Waals surface area contributed by atoms with Crippen LogP contribution in [0.2, 0.25) is 0 Å². The Labute approximate surface area is 148 Å². The van der Waals surface area contributed by atoms with Gasteiger partial charge >= 0.3 is 0 Å². The van der Waals surface area contributed by atoms with Crippen molar-refractivity contribution in [2.45, 2.75) is 12.6 Å². The van der Waals surface area contributed by atoms with E-state index in [1.54, 1.807) is 26.4 Å². The van der Waals surface area contributed by atoms with E-state index in [2.05, 4.69) is 20.6 Å². The third kappa shape index (κ3) is 2.93. The van der Waals surface area contributed by atoms with Crippen molar-refractivity contribution >= 4 is 5.91 Å². The zero-order valence-corrected chi connectivity index (χ0v) is 14.3. The van der Waals surface area contributed by atoms with Crippen LogP contribution < -0.4 is 10.1 Å². The van der Waals surface area contributed by atoms with Crippen molar-refractivity contribution in [3.8, 4) is 17.1 Å². The van der Waals surface area contributed by atoms with Crippen molar-refractivity contribution in [2.75, 3.05) is 13.7 Å². The summed E-state index contributed by atoms with van der Waals surface area (Å²) in [7, 11) is 3.29. The van der Waals surface area contributed by atoms with E-state index in [0.29, 0.717) is 29.8 Å². The SMILES string of the molecule is COCc1nc(-c2ccc3c(c2)OCC3NC(=O)c2ccnn2C)no1. The highest BCUT2D eigenvalue weighted by Gasteiger charge is 2.27. The maximum atomic E-state index is 12.4. The zero-order chi connectivity index (χ0) is 18.1. The van der Waals surface area contributed by atoms with Crippen LogP contribution >= 0.6 is 0 Å². The number of aryl methyl sites for hydroxylation is 1. The van der Waals surface area contributed by atoms with Gasteiger partial charge < -0.3 is 19.3 Å². The molecule has 0 spiro atoms. The fraction of sp³-hybridized carbons (Fsp3) is 0.294. The van der Waals surface area contributed by atoms with Gasteiger partial charge in [-0.1, -0.05) is 17.3 Å². The van der Waals surface area contributed by atoms with Crippen molar-refractivity contribution in [1.82, 2.24) is 25.2 Å². The van der Waals surface area contributed by atoms with Crippen LogP contribution in [0.4, 0.5) is 0 Å². The van der Waals surface area contributed by atoms with Crippen molar-refractivity contribution < 1.29 is 18.8 Å². The summed E-state index contributed by atoms with van der Waals surface area (Å²) in [6.07, 6.45) is 1.59. The molecule has 26 heavy (non-hydrogen) atoms. The predicted molar refractivity (Wildman–Crippen MR) is 89.4 cm³/mol. The lowest BCUT2D eigenvalue weighted by Gasteiger charge is -2.11. The number of hydrogen-bond donors (Lipinski definition) is 1. The Morgan fingerprint density at radius 1 is 1.42 bits per heavy atom. The number of carbonyl (C=O) groups excluding carboxylic acids is 1. The first-order valence-electron chi connectivity index (χ1n) is 8.03. The van der Waals surface area contributed by atoms with Gasteiger partial charge in [0.2, 0.25) is 5.82 Å². The molecule has 0 saturated heterocycles. The molecule has 1 aliphatic heterocycles. The highest BCUT2D eigenvalue weighted by atomic mass is 16.5. The molecule has 1 aromatic carbocycles. The molecule has 2 aromatic heterocycles. The summed E-state index contributed by atoms with van der Waals surface area (Å²) in [5.41, 5.74) is 2.17. The lowest BCUT2D eigenvalue weighted by atomic mass is 10.1. The highest BCUT2D eigenvalue weighted by Crippen LogP contribution is 2.35. The van der Waals surface area contributed by atoms with Gasteiger partial charge in [-0.05, 0) is 12.1 Å². The number of hydrogen-bond acceptors (Lipinski definition) is 7. The maximum Gasteiger partial charge on any atom is 0.270 e. The lowest BCUT2D eigenvalue weighted by molar-refractivity contribution is 0.0920. The molecule has 0 bridgehead atoms. The number of fused-ring (bicyclic) bond motifs is 1. The zero-order valence-electron chi connectivity index (χ0n) is 14.3. The molecule has 4 rings (SSSR count). The number of amides is 1. The molecular weight excluding hydrogens is 338 g/mol. The summed E-state index contributed by atoms with van der Waals surface area (Å²) in [5, 5.41) is 10.9. The molecule has 3 aromatic rings. The summed E-state index contributed by atoms with van der Waals surface area (Å²) in [5.74, 6) is 1.37. The number of aromatic nitrogens is 4. The second-order valence-electron chi connectivity index (χ2n) is 5.87. The molecule has 1 N–H and O–H groups in total. The summed E-state index contributed by atoms with van der Waals surface area (Å²) in [4.78, 5) is 16.6. The molecule has 0 radical (unpaired) electrons. The minimum Gasteiger partial charge on any atom is -0.491 e. The van der Waals surface area contributed by atoms with Crippen LogP contribution in [-0.4, -0.2) is 39.5 Å². The number of methoxy groups -OCH3 is 1. The summed E-state index contributed by atoms with van der Waals surface area (Å²) >= 11 is 0.